The normalized spacial score (nSPS) is 13.1. The Bertz CT molecular complexity index is 654. The van der Waals surface area contributed by atoms with E-state index in [1.807, 2.05) is 35.8 Å². The second-order valence-electron chi connectivity index (χ2n) is 5.29. The molecule has 0 fully saturated rings. The highest BCUT2D eigenvalue weighted by atomic mass is 32.1. The fraction of sp³-hybridized carbons (Fsp3) is 0.312. The third-order valence-corrected chi connectivity index (χ3v) is 4.19. The Hall–Kier alpha value is -1.86. The summed E-state index contributed by atoms with van der Waals surface area (Å²) in [5.74, 6) is -0.722. The van der Waals surface area contributed by atoms with Crippen LogP contribution in [0.15, 0.2) is 41.1 Å². The maximum absolute atomic E-state index is 13.0. The van der Waals surface area contributed by atoms with Gasteiger partial charge in [-0.1, -0.05) is 12.1 Å². The molecule has 2 aromatic rings. The average molecular weight is 342 g/mol. The molecule has 0 unspecified atom stereocenters. The number of likely N-dealkylation sites (N-methyl/N-ethyl adjacent to an activating group) is 1. The predicted octanol–water partition coefficient (Wildman–Crippen LogP) is 3.80. The minimum absolute atomic E-state index is 0.0942. The van der Waals surface area contributed by atoms with E-state index in [2.05, 4.69) is 5.32 Å². The summed E-state index contributed by atoms with van der Waals surface area (Å²) in [7, 11) is 3.72. The molecular weight excluding hydrogens is 325 g/mol. The number of hydrogen-bond acceptors (Lipinski definition) is 3. The maximum Gasteiger partial charge on any atom is 0.417 e. The molecule has 7 heteroatoms. The number of nitrogens with one attached hydrogen (secondary N) is 1. The van der Waals surface area contributed by atoms with Gasteiger partial charge in [-0.3, -0.25) is 4.79 Å². The molecule has 1 heterocycles. The summed E-state index contributed by atoms with van der Waals surface area (Å²) in [6.45, 7) is 0.231. The van der Waals surface area contributed by atoms with E-state index in [9.17, 15) is 18.0 Å². The van der Waals surface area contributed by atoms with Gasteiger partial charge in [-0.05, 0) is 48.6 Å². The molecule has 0 radical (unpaired) electrons. The average Bonchev–Trinajstić information content (AvgIpc) is 3.00. The van der Waals surface area contributed by atoms with Gasteiger partial charge in [0.05, 0.1) is 17.2 Å². The smallest absolute Gasteiger partial charge is 0.350 e. The number of alkyl halides is 3. The molecule has 0 spiro atoms. The topological polar surface area (TPSA) is 32.3 Å². The fourth-order valence-electron chi connectivity index (χ4n) is 2.28. The van der Waals surface area contributed by atoms with Crippen LogP contribution >= 0.6 is 11.3 Å². The fourth-order valence-corrected chi connectivity index (χ4v) is 2.98. The van der Waals surface area contributed by atoms with Gasteiger partial charge in [0.25, 0.3) is 5.91 Å². The summed E-state index contributed by atoms with van der Waals surface area (Å²) in [5.41, 5.74) is -0.262. The van der Waals surface area contributed by atoms with Crippen molar-refractivity contribution in [3.63, 3.8) is 0 Å². The number of rotatable bonds is 5. The van der Waals surface area contributed by atoms with Crippen molar-refractivity contribution in [2.24, 2.45) is 0 Å². The second-order valence-corrected chi connectivity index (χ2v) is 6.07. The third-order valence-electron chi connectivity index (χ3n) is 3.48. The summed E-state index contributed by atoms with van der Waals surface area (Å²) >= 11 is 1.53. The molecule has 0 saturated heterocycles. The van der Waals surface area contributed by atoms with Crippen molar-refractivity contribution in [2.45, 2.75) is 12.2 Å². The van der Waals surface area contributed by atoms with Crippen LogP contribution in [0.4, 0.5) is 13.2 Å². The van der Waals surface area contributed by atoms with Gasteiger partial charge in [0, 0.05) is 6.54 Å². The molecular formula is C16H17F3N2OS. The minimum Gasteiger partial charge on any atom is -0.350 e. The minimum atomic E-state index is -4.55. The Morgan fingerprint density at radius 1 is 1.26 bits per heavy atom. The van der Waals surface area contributed by atoms with Gasteiger partial charge in [0.15, 0.2) is 0 Å². The molecule has 1 aromatic carbocycles. The van der Waals surface area contributed by atoms with Crippen LogP contribution in [0.2, 0.25) is 0 Å². The summed E-state index contributed by atoms with van der Waals surface area (Å²) in [6.07, 6.45) is -4.55. The van der Waals surface area contributed by atoms with E-state index in [0.29, 0.717) is 0 Å². The number of carbonyl (C=O) groups is 1. The van der Waals surface area contributed by atoms with Gasteiger partial charge < -0.3 is 10.2 Å². The van der Waals surface area contributed by atoms with Crippen molar-refractivity contribution < 1.29 is 18.0 Å². The molecule has 1 atom stereocenters. The third kappa shape index (κ3) is 4.33. The highest BCUT2D eigenvalue weighted by Crippen LogP contribution is 2.31. The summed E-state index contributed by atoms with van der Waals surface area (Å²) in [6, 6.07) is 6.64. The van der Waals surface area contributed by atoms with Crippen molar-refractivity contribution in [2.75, 3.05) is 20.6 Å². The summed E-state index contributed by atoms with van der Waals surface area (Å²) in [5, 5.41) is 6.49. The number of benzene rings is 1. The predicted molar refractivity (Wildman–Crippen MR) is 84.5 cm³/mol. The quantitative estimate of drug-likeness (QED) is 0.896. The van der Waals surface area contributed by atoms with Crippen LogP contribution in [0.5, 0.6) is 0 Å². The number of nitrogens with zero attached hydrogens (tertiary/aromatic N) is 1. The van der Waals surface area contributed by atoms with E-state index in [4.69, 9.17) is 0 Å². The zero-order valence-electron chi connectivity index (χ0n) is 12.7. The monoisotopic (exact) mass is 342 g/mol. The van der Waals surface area contributed by atoms with Gasteiger partial charge in [0.1, 0.15) is 0 Å². The molecule has 0 bridgehead atoms. The summed E-state index contributed by atoms with van der Waals surface area (Å²) < 4.78 is 38.9. The first-order valence-corrected chi connectivity index (χ1v) is 7.88. The number of halogens is 3. The Morgan fingerprint density at radius 3 is 2.52 bits per heavy atom. The molecule has 124 valence electrons. The van der Waals surface area contributed by atoms with Gasteiger partial charge in [-0.15, -0.1) is 0 Å². The van der Waals surface area contributed by atoms with E-state index >= 15 is 0 Å². The Morgan fingerprint density at radius 2 is 1.96 bits per heavy atom. The van der Waals surface area contributed by atoms with E-state index in [1.165, 1.54) is 29.5 Å². The molecule has 0 aliphatic carbocycles. The lowest BCUT2D eigenvalue weighted by Gasteiger charge is -2.24. The molecule has 0 aliphatic rings. The standard InChI is InChI=1S/C16H17F3N2OS/c1-21(2)14(11-7-8-23-10-11)9-20-15(22)12-5-3-4-6-13(12)16(17,18)19/h3-8,10,14H,9H2,1-2H3,(H,20,22)/t14-/m0/s1. The molecule has 1 N–H and O–H groups in total. The van der Waals surface area contributed by atoms with Crippen LogP contribution in [0.3, 0.4) is 0 Å². The highest BCUT2D eigenvalue weighted by molar-refractivity contribution is 7.07. The Labute approximate surface area is 136 Å². The zero-order chi connectivity index (χ0) is 17.0. The van der Waals surface area contributed by atoms with E-state index < -0.39 is 17.6 Å². The largest absolute Gasteiger partial charge is 0.417 e. The Balaban J connectivity index is 2.14. The van der Waals surface area contributed by atoms with Crippen molar-refractivity contribution >= 4 is 17.2 Å². The first-order valence-electron chi connectivity index (χ1n) is 6.93. The molecule has 0 saturated carbocycles. The van der Waals surface area contributed by atoms with Crippen molar-refractivity contribution in [3.05, 3.63) is 57.8 Å². The van der Waals surface area contributed by atoms with Gasteiger partial charge >= 0.3 is 6.18 Å². The molecule has 2 rings (SSSR count). The van der Waals surface area contributed by atoms with E-state index in [0.717, 1.165) is 11.6 Å². The molecule has 3 nitrogen and oxygen atoms in total. The van der Waals surface area contributed by atoms with Crippen LogP contribution in [-0.4, -0.2) is 31.4 Å². The van der Waals surface area contributed by atoms with E-state index in [1.54, 1.807) is 0 Å². The number of hydrogen-bond donors (Lipinski definition) is 1. The van der Waals surface area contributed by atoms with Crippen LogP contribution in [0.25, 0.3) is 0 Å². The highest BCUT2D eigenvalue weighted by Gasteiger charge is 2.34. The maximum atomic E-state index is 13.0. The first-order chi connectivity index (χ1) is 10.8. The molecule has 0 aliphatic heterocycles. The Kier molecular flexibility index (Phi) is 5.43. The van der Waals surface area contributed by atoms with Crippen molar-refractivity contribution in [1.29, 1.82) is 0 Å². The van der Waals surface area contributed by atoms with Gasteiger partial charge in [-0.25, -0.2) is 0 Å². The molecule has 23 heavy (non-hydrogen) atoms. The van der Waals surface area contributed by atoms with Crippen molar-refractivity contribution in [1.82, 2.24) is 10.2 Å². The first kappa shape index (κ1) is 17.5. The SMILES string of the molecule is CN(C)[C@@H](CNC(=O)c1ccccc1C(F)(F)F)c1ccsc1. The van der Waals surface area contributed by atoms with Crippen LogP contribution in [-0.2, 0) is 6.18 Å². The van der Waals surface area contributed by atoms with Crippen LogP contribution < -0.4 is 5.32 Å². The van der Waals surface area contributed by atoms with Gasteiger partial charge in [0.2, 0.25) is 0 Å². The second kappa shape index (κ2) is 7.14. The van der Waals surface area contributed by atoms with Crippen LogP contribution in [0.1, 0.15) is 27.5 Å². The number of thiophene rings is 1. The lowest BCUT2D eigenvalue weighted by Crippen LogP contribution is -2.35. The van der Waals surface area contributed by atoms with E-state index in [-0.39, 0.29) is 18.2 Å². The van der Waals surface area contributed by atoms with Crippen LogP contribution in [0, 0.1) is 0 Å². The number of amides is 1. The zero-order valence-corrected chi connectivity index (χ0v) is 13.5. The van der Waals surface area contributed by atoms with Crippen molar-refractivity contribution in [3.8, 4) is 0 Å². The lowest BCUT2D eigenvalue weighted by molar-refractivity contribution is -0.137. The summed E-state index contributed by atoms with van der Waals surface area (Å²) in [4.78, 5) is 14.1. The molecule has 1 aromatic heterocycles. The lowest BCUT2D eigenvalue weighted by atomic mass is 10.1. The molecule has 1 amide bonds. The number of carbonyl (C=O) groups excluding carboxylic acids is 1. The van der Waals surface area contributed by atoms with Gasteiger partial charge in [-0.2, -0.15) is 24.5 Å².